The van der Waals surface area contributed by atoms with Crippen LogP contribution >= 0.6 is 0 Å². The number of rotatable bonds is 5. The van der Waals surface area contributed by atoms with Crippen molar-refractivity contribution in [3.05, 3.63) is 53.1 Å². The Morgan fingerprint density at radius 3 is 2.86 bits per heavy atom. The molecule has 7 heteroatoms. The highest BCUT2D eigenvalue weighted by Gasteiger charge is 2.11. The molecule has 112 valence electrons. The molecule has 0 spiro atoms. The summed E-state index contributed by atoms with van der Waals surface area (Å²) in [5.74, 6) is -0.519. The maximum atomic E-state index is 13.3. The zero-order valence-corrected chi connectivity index (χ0v) is 12.0. The summed E-state index contributed by atoms with van der Waals surface area (Å²) < 4.78 is 15.1. The summed E-state index contributed by atoms with van der Waals surface area (Å²) in [5, 5.41) is 15.9. The minimum Gasteiger partial charge on any atom is -0.409 e. The van der Waals surface area contributed by atoms with E-state index in [0.717, 1.165) is 11.1 Å². The Kier molecular flexibility index (Phi) is 4.54. The highest BCUT2D eigenvalue weighted by atomic mass is 19.1. The molecule has 0 aliphatic carbocycles. The van der Waals surface area contributed by atoms with Crippen LogP contribution in [0.3, 0.4) is 0 Å². The molecule has 0 saturated carbocycles. The average Bonchev–Trinajstić information content (AvgIpc) is 2.85. The molecule has 0 atom stereocenters. The van der Waals surface area contributed by atoms with Crippen molar-refractivity contribution < 1.29 is 9.60 Å². The lowest BCUT2D eigenvalue weighted by atomic mass is 10.1. The van der Waals surface area contributed by atoms with E-state index in [1.54, 1.807) is 16.9 Å². The first-order valence-corrected chi connectivity index (χ1v) is 6.42. The molecule has 0 fully saturated rings. The molecule has 0 aliphatic rings. The van der Waals surface area contributed by atoms with Crippen molar-refractivity contribution in [1.82, 2.24) is 14.7 Å². The summed E-state index contributed by atoms with van der Waals surface area (Å²) in [5.41, 5.74) is 7.86. The third-order valence-electron chi connectivity index (χ3n) is 3.11. The van der Waals surface area contributed by atoms with Crippen molar-refractivity contribution >= 4 is 5.84 Å². The van der Waals surface area contributed by atoms with Gasteiger partial charge in [-0.05, 0) is 24.7 Å². The van der Waals surface area contributed by atoms with Crippen LogP contribution in [0.15, 0.2) is 35.7 Å². The van der Waals surface area contributed by atoms with Gasteiger partial charge < -0.3 is 10.9 Å². The van der Waals surface area contributed by atoms with Gasteiger partial charge in [0, 0.05) is 37.5 Å². The summed E-state index contributed by atoms with van der Waals surface area (Å²) in [6, 6.07) is 4.27. The number of amidine groups is 1. The van der Waals surface area contributed by atoms with Crippen molar-refractivity contribution in [2.45, 2.75) is 13.1 Å². The molecule has 1 aromatic carbocycles. The quantitative estimate of drug-likeness (QED) is 0.376. The van der Waals surface area contributed by atoms with Crippen molar-refractivity contribution in [3.63, 3.8) is 0 Å². The maximum Gasteiger partial charge on any atom is 0.170 e. The molecule has 1 heterocycles. The number of oxime groups is 1. The number of benzene rings is 1. The first-order chi connectivity index (χ1) is 9.99. The Balaban J connectivity index is 2.15. The lowest BCUT2D eigenvalue weighted by Crippen LogP contribution is -2.22. The van der Waals surface area contributed by atoms with Crippen LogP contribution in [-0.2, 0) is 20.1 Å². The second-order valence-corrected chi connectivity index (χ2v) is 4.98. The molecule has 0 saturated heterocycles. The van der Waals surface area contributed by atoms with Crippen molar-refractivity contribution in [1.29, 1.82) is 0 Å². The Morgan fingerprint density at radius 1 is 1.48 bits per heavy atom. The van der Waals surface area contributed by atoms with Gasteiger partial charge in [-0.25, -0.2) is 4.39 Å². The fourth-order valence-electron chi connectivity index (χ4n) is 2.19. The van der Waals surface area contributed by atoms with E-state index in [4.69, 9.17) is 10.9 Å². The van der Waals surface area contributed by atoms with Gasteiger partial charge in [-0.3, -0.25) is 9.58 Å². The van der Waals surface area contributed by atoms with Crippen LogP contribution in [0.2, 0.25) is 0 Å². The largest absolute Gasteiger partial charge is 0.409 e. The normalized spacial score (nSPS) is 12.1. The van der Waals surface area contributed by atoms with Gasteiger partial charge in [0.15, 0.2) is 5.84 Å². The monoisotopic (exact) mass is 291 g/mol. The molecule has 6 nitrogen and oxygen atoms in total. The summed E-state index contributed by atoms with van der Waals surface area (Å²) in [4.78, 5) is 2.04. The van der Waals surface area contributed by atoms with Crippen LogP contribution in [0.1, 0.15) is 16.7 Å². The molecule has 1 aromatic heterocycles. The van der Waals surface area contributed by atoms with E-state index < -0.39 is 5.82 Å². The number of halogens is 1. The van der Waals surface area contributed by atoms with E-state index in [9.17, 15) is 4.39 Å². The number of aryl methyl sites for hydroxylation is 1. The second-order valence-electron chi connectivity index (χ2n) is 4.98. The smallest absolute Gasteiger partial charge is 0.170 e. The summed E-state index contributed by atoms with van der Waals surface area (Å²) in [7, 11) is 3.80. The molecule has 0 unspecified atom stereocenters. The SMILES string of the molecule is CN(Cc1cnn(C)c1)Cc1ccc(F)cc1C(N)=NO. The van der Waals surface area contributed by atoms with Gasteiger partial charge in [0.1, 0.15) is 5.82 Å². The number of nitrogens with two attached hydrogens (primary N) is 1. The van der Waals surface area contributed by atoms with Gasteiger partial charge in [0.25, 0.3) is 0 Å². The van der Waals surface area contributed by atoms with Crippen LogP contribution in [0.4, 0.5) is 4.39 Å². The predicted octanol–water partition coefficient (Wildman–Crippen LogP) is 1.29. The number of hydrogen-bond donors (Lipinski definition) is 2. The molecule has 0 radical (unpaired) electrons. The Morgan fingerprint density at radius 2 is 2.24 bits per heavy atom. The number of hydrogen-bond acceptors (Lipinski definition) is 4. The minimum absolute atomic E-state index is 0.0979. The second kappa shape index (κ2) is 6.36. The molecule has 0 aliphatic heterocycles. The van der Waals surface area contributed by atoms with Gasteiger partial charge in [0.2, 0.25) is 0 Å². The number of nitrogens with zero attached hydrogens (tertiary/aromatic N) is 4. The lowest BCUT2D eigenvalue weighted by Gasteiger charge is -2.18. The Hall–Kier alpha value is -2.41. The van der Waals surface area contributed by atoms with E-state index in [0.29, 0.717) is 18.7 Å². The zero-order valence-electron chi connectivity index (χ0n) is 12.0. The van der Waals surface area contributed by atoms with Gasteiger partial charge >= 0.3 is 0 Å². The van der Waals surface area contributed by atoms with Crippen molar-refractivity contribution in [2.75, 3.05) is 7.05 Å². The molecule has 0 amide bonds. The predicted molar refractivity (Wildman–Crippen MR) is 77.3 cm³/mol. The van der Waals surface area contributed by atoms with Crippen molar-refractivity contribution in [3.8, 4) is 0 Å². The van der Waals surface area contributed by atoms with Crippen LogP contribution in [-0.4, -0.2) is 32.8 Å². The standard InChI is InChI=1S/C14H18FN5O/c1-19(7-10-6-17-20(2)8-10)9-11-3-4-12(15)5-13(11)14(16)18-21/h3-6,8,21H,7,9H2,1-2H3,(H2,16,18). The lowest BCUT2D eigenvalue weighted by molar-refractivity contribution is 0.315. The van der Waals surface area contributed by atoms with Crippen molar-refractivity contribution in [2.24, 2.45) is 17.9 Å². The minimum atomic E-state index is -0.421. The van der Waals surface area contributed by atoms with E-state index in [1.807, 2.05) is 25.2 Å². The highest BCUT2D eigenvalue weighted by Crippen LogP contribution is 2.14. The fraction of sp³-hybridized carbons (Fsp3) is 0.286. The van der Waals surface area contributed by atoms with Gasteiger partial charge in [-0.15, -0.1) is 0 Å². The van der Waals surface area contributed by atoms with Crippen LogP contribution in [0.25, 0.3) is 0 Å². The van der Waals surface area contributed by atoms with E-state index in [-0.39, 0.29) is 5.84 Å². The van der Waals surface area contributed by atoms with E-state index >= 15 is 0 Å². The van der Waals surface area contributed by atoms with Gasteiger partial charge in [-0.1, -0.05) is 11.2 Å². The highest BCUT2D eigenvalue weighted by molar-refractivity contribution is 5.98. The first kappa shape index (κ1) is 15.0. The summed E-state index contributed by atoms with van der Waals surface area (Å²) in [6.07, 6.45) is 3.73. The van der Waals surface area contributed by atoms with Crippen LogP contribution < -0.4 is 5.73 Å². The first-order valence-electron chi connectivity index (χ1n) is 6.42. The Bertz CT molecular complexity index is 653. The van der Waals surface area contributed by atoms with Gasteiger partial charge in [-0.2, -0.15) is 5.10 Å². The molecule has 2 aromatic rings. The maximum absolute atomic E-state index is 13.3. The number of aromatic nitrogens is 2. The Labute approximate surface area is 122 Å². The van der Waals surface area contributed by atoms with Crippen LogP contribution in [0, 0.1) is 5.82 Å². The third kappa shape index (κ3) is 3.79. The molecular formula is C14H18FN5O. The topological polar surface area (TPSA) is 79.7 Å². The molecule has 21 heavy (non-hydrogen) atoms. The summed E-state index contributed by atoms with van der Waals surface area (Å²) in [6.45, 7) is 1.24. The third-order valence-corrected chi connectivity index (χ3v) is 3.11. The fourth-order valence-corrected chi connectivity index (χ4v) is 2.19. The zero-order chi connectivity index (χ0) is 15.4. The molecule has 3 N–H and O–H groups in total. The van der Waals surface area contributed by atoms with Gasteiger partial charge in [0.05, 0.1) is 6.20 Å². The van der Waals surface area contributed by atoms with E-state index in [1.165, 1.54) is 12.1 Å². The summed E-state index contributed by atoms with van der Waals surface area (Å²) >= 11 is 0. The average molecular weight is 291 g/mol. The van der Waals surface area contributed by atoms with Crippen LogP contribution in [0.5, 0.6) is 0 Å². The molecular weight excluding hydrogens is 273 g/mol. The molecule has 2 rings (SSSR count). The molecule has 0 bridgehead atoms. The van der Waals surface area contributed by atoms with E-state index in [2.05, 4.69) is 10.3 Å².